The van der Waals surface area contributed by atoms with Crippen LogP contribution in [0.25, 0.3) is 0 Å². The molecule has 0 aliphatic heterocycles. The first-order chi connectivity index (χ1) is 6.59. The van der Waals surface area contributed by atoms with Crippen LogP contribution in [-0.4, -0.2) is 25.1 Å². The molecule has 0 aromatic rings. The number of carbonyl (C=O) groups excluding carboxylic acids is 1. The fourth-order valence-corrected chi connectivity index (χ4v) is 0.871. The molecule has 3 N–H and O–H groups in total. The van der Waals surface area contributed by atoms with Gasteiger partial charge in [0.15, 0.2) is 0 Å². The molecule has 0 rings (SSSR count). The van der Waals surface area contributed by atoms with E-state index in [1.807, 2.05) is 13.8 Å². The maximum atomic E-state index is 11.3. The van der Waals surface area contributed by atoms with Gasteiger partial charge in [0.1, 0.15) is 0 Å². The summed E-state index contributed by atoms with van der Waals surface area (Å²) < 4.78 is 4.90. The molecule has 0 aromatic heterocycles. The number of ether oxygens (including phenoxy) is 1. The summed E-state index contributed by atoms with van der Waals surface area (Å²) in [7, 11) is 0. The molecule has 0 saturated carbocycles. The second kappa shape index (κ2) is 7.38. The van der Waals surface area contributed by atoms with Crippen molar-refractivity contribution in [2.45, 2.75) is 26.3 Å². The van der Waals surface area contributed by atoms with Crippen molar-refractivity contribution in [1.82, 2.24) is 5.32 Å². The first-order valence-corrected chi connectivity index (χ1v) is 4.85. The van der Waals surface area contributed by atoms with E-state index < -0.39 is 6.04 Å². The number of hydrogen-bond acceptors (Lipinski definition) is 3. The maximum absolute atomic E-state index is 11.3. The number of carbonyl (C=O) groups is 1. The number of amides is 1. The molecule has 0 spiro atoms. The molecule has 0 aliphatic rings. The number of rotatable bonds is 7. The smallest absolute Gasteiger partial charge is 0.237 e. The monoisotopic (exact) mass is 200 g/mol. The minimum absolute atomic E-state index is 0.0985. The van der Waals surface area contributed by atoms with E-state index in [2.05, 4.69) is 11.9 Å². The van der Waals surface area contributed by atoms with Gasteiger partial charge in [-0.1, -0.05) is 20.4 Å². The predicted octanol–water partition coefficient (Wildman–Crippen LogP) is 0.636. The van der Waals surface area contributed by atoms with Crippen LogP contribution >= 0.6 is 0 Å². The lowest BCUT2D eigenvalue weighted by Crippen LogP contribution is -2.44. The van der Waals surface area contributed by atoms with Gasteiger partial charge in [0, 0.05) is 6.54 Å². The minimum atomic E-state index is -0.421. The molecule has 0 heterocycles. The van der Waals surface area contributed by atoms with Crippen molar-refractivity contribution >= 4 is 5.91 Å². The summed E-state index contributed by atoms with van der Waals surface area (Å²) in [5, 5.41) is 2.74. The Hall–Kier alpha value is -1.03. The first-order valence-electron chi connectivity index (χ1n) is 4.85. The third kappa shape index (κ3) is 5.59. The summed E-state index contributed by atoms with van der Waals surface area (Å²) >= 11 is 0. The van der Waals surface area contributed by atoms with Gasteiger partial charge in [-0.15, -0.1) is 0 Å². The topological polar surface area (TPSA) is 64.3 Å². The van der Waals surface area contributed by atoms with E-state index in [0.717, 1.165) is 6.42 Å². The van der Waals surface area contributed by atoms with Crippen LogP contribution in [0, 0.1) is 5.92 Å². The van der Waals surface area contributed by atoms with Gasteiger partial charge in [0.25, 0.3) is 0 Å². The Labute approximate surface area is 85.5 Å². The van der Waals surface area contributed by atoms with Crippen molar-refractivity contribution in [1.29, 1.82) is 0 Å². The molecule has 82 valence electrons. The second-order valence-electron chi connectivity index (χ2n) is 3.45. The molecule has 0 saturated heterocycles. The molecule has 0 aromatic carbocycles. The average Bonchev–Trinajstić information content (AvgIpc) is 2.16. The number of hydrogen-bond donors (Lipinski definition) is 2. The third-order valence-corrected chi connectivity index (χ3v) is 1.88. The fraction of sp³-hybridized carbons (Fsp3) is 0.700. The summed E-state index contributed by atoms with van der Waals surface area (Å²) in [5.74, 6) is 0.0676. The van der Waals surface area contributed by atoms with Crippen LogP contribution in [0.3, 0.4) is 0 Å². The number of nitrogens with one attached hydrogen (secondary N) is 1. The Kier molecular flexibility index (Phi) is 6.84. The minimum Gasteiger partial charge on any atom is -0.502 e. The molecule has 1 unspecified atom stereocenters. The van der Waals surface area contributed by atoms with Crippen LogP contribution in [0.2, 0.25) is 0 Å². The largest absolute Gasteiger partial charge is 0.502 e. The van der Waals surface area contributed by atoms with Crippen LogP contribution in [0.5, 0.6) is 0 Å². The molecular weight excluding hydrogens is 180 g/mol. The molecule has 4 nitrogen and oxygen atoms in total. The highest BCUT2D eigenvalue weighted by Crippen LogP contribution is 1.97. The quantitative estimate of drug-likeness (QED) is 0.468. The Bertz CT molecular complexity index is 181. The average molecular weight is 200 g/mol. The van der Waals surface area contributed by atoms with Gasteiger partial charge in [-0.3, -0.25) is 4.79 Å². The molecule has 4 heteroatoms. The van der Waals surface area contributed by atoms with Crippen molar-refractivity contribution in [3.8, 4) is 0 Å². The molecule has 1 amide bonds. The third-order valence-electron chi connectivity index (χ3n) is 1.88. The zero-order valence-corrected chi connectivity index (χ0v) is 8.95. The van der Waals surface area contributed by atoms with Gasteiger partial charge in [-0.2, -0.15) is 0 Å². The lowest BCUT2D eigenvalue weighted by atomic mass is 10.1. The highest BCUT2D eigenvalue weighted by Gasteiger charge is 2.15. The summed E-state index contributed by atoms with van der Waals surface area (Å²) in [6.07, 6.45) is 2.16. The van der Waals surface area contributed by atoms with E-state index >= 15 is 0 Å². The number of nitrogens with two attached hydrogens (primary N) is 1. The standard InChI is InChI=1S/C10H20N2O2/c1-4-14-7-5-6-12-10(13)9(11)8(2)3/h4,8-9H,1,5-7,11H2,2-3H3,(H,12,13). The molecule has 0 aliphatic carbocycles. The summed E-state index contributed by atoms with van der Waals surface area (Å²) in [6, 6.07) is -0.421. The normalized spacial score (nSPS) is 12.3. The fourth-order valence-electron chi connectivity index (χ4n) is 0.871. The van der Waals surface area contributed by atoms with E-state index in [1.165, 1.54) is 6.26 Å². The highest BCUT2D eigenvalue weighted by molar-refractivity contribution is 5.81. The van der Waals surface area contributed by atoms with Crippen LogP contribution in [0.15, 0.2) is 12.8 Å². The Morgan fingerprint density at radius 3 is 2.79 bits per heavy atom. The molecule has 1 atom stereocenters. The van der Waals surface area contributed by atoms with E-state index in [9.17, 15) is 4.79 Å². The Morgan fingerprint density at radius 1 is 1.64 bits per heavy atom. The van der Waals surface area contributed by atoms with Gasteiger partial charge in [-0.25, -0.2) is 0 Å². The first kappa shape index (κ1) is 13.0. The van der Waals surface area contributed by atoms with Gasteiger partial charge in [0.2, 0.25) is 5.91 Å². The van der Waals surface area contributed by atoms with E-state index in [-0.39, 0.29) is 11.8 Å². The van der Waals surface area contributed by atoms with Crippen molar-refractivity contribution in [3.05, 3.63) is 12.8 Å². The molecule has 0 bridgehead atoms. The summed E-state index contributed by atoms with van der Waals surface area (Å²) in [4.78, 5) is 11.3. The Morgan fingerprint density at radius 2 is 2.29 bits per heavy atom. The zero-order valence-electron chi connectivity index (χ0n) is 8.95. The Balaban J connectivity index is 3.49. The van der Waals surface area contributed by atoms with Crippen molar-refractivity contribution < 1.29 is 9.53 Å². The lowest BCUT2D eigenvalue weighted by molar-refractivity contribution is -0.123. The van der Waals surface area contributed by atoms with E-state index in [0.29, 0.717) is 13.2 Å². The molecule has 0 fully saturated rings. The summed E-state index contributed by atoms with van der Waals surface area (Å²) in [6.45, 7) is 8.42. The van der Waals surface area contributed by atoms with Gasteiger partial charge < -0.3 is 15.8 Å². The van der Waals surface area contributed by atoms with Crippen molar-refractivity contribution in [2.75, 3.05) is 13.2 Å². The van der Waals surface area contributed by atoms with E-state index in [1.54, 1.807) is 0 Å². The molecular formula is C10H20N2O2. The molecule has 14 heavy (non-hydrogen) atoms. The van der Waals surface area contributed by atoms with Crippen molar-refractivity contribution in [2.24, 2.45) is 11.7 Å². The van der Waals surface area contributed by atoms with Crippen LogP contribution in [0.1, 0.15) is 20.3 Å². The maximum Gasteiger partial charge on any atom is 0.237 e. The van der Waals surface area contributed by atoms with Gasteiger partial charge in [-0.05, 0) is 12.3 Å². The van der Waals surface area contributed by atoms with Crippen molar-refractivity contribution in [3.63, 3.8) is 0 Å². The van der Waals surface area contributed by atoms with Crippen LogP contribution in [-0.2, 0) is 9.53 Å². The van der Waals surface area contributed by atoms with Crippen LogP contribution < -0.4 is 11.1 Å². The van der Waals surface area contributed by atoms with E-state index in [4.69, 9.17) is 10.5 Å². The lowest BCUT2D eigenvalue weighted by Gasteiger charge is -2.14. The SMILES string of the molecule is C=COCCCNC(=O)C(N)C(C)C. The zero-order chi connectivity index (χ0) is 11.0. The second-order valence-corrected chi connectivity index (χ2v) is 3.45. The van der Waals surface area contributed by atoms with Gasteiger partial charge in [0.05, 0.1) is 18.9 Å². The van der Waals surface area contributed by atoms with Gasteiger partial charge >= 0.3 is 0 Å². The molecule has 0 radical (unpaired) electrons. The summed E-state index contributed by atoms with van der Waals surface area (Å²) in [5.41, 5.74) is 5.64. The highest BCUT2D eigenvalue weighted by atomic mass is 16.5. The van der Waals surface area contributed by atoms with Crippen LogP contribution in [0.4, 0.5) is 0 Å². The predicted molar refractivity (Wildman–Crippen MR) is 56.6 cm³/mol.